The largest absolute Gasteiger partial charge is 0.466 e. The highest BCUT2D eigenvalue weighted by molar-refractivity contribution is 5.70. The van der Waals surface area contributed by atoms with Crippen LogP contribution in [0.25, 0.3) is 0 Å². The Morgan fingerprint density at radius 3 is 1.81 bits per heavy atom. The molecule has 1 aliphatic heterocycles. The molecule has 1 saturated carbocycles. The maximum Gasteiger partial charge on any atom is 0.306 e. The number of hydrogen-bond donors (Lipinski definition) is 1. The van der Waals surface area contributed by atoms with Crippen LogP contribution in [0.1, 0.15) is 43.9 Å². The van der Waals surface area contributed by atoms with Crippen LogP contribution >= 0.6 is 0 Å². The van der Waals surface area contributed by atoms with Crippen LogP contribution in [-0.4, -0.2) is 47.9 Å². The Morgan fingerprint density at radius 2 is 1.35 bits per heavy atom. The number of ether oxygens (including phenoxy) is 4. The minimum absolute atomic E-state index is 0.0172. The molecule has 0 amide bonds. The van der Waals surface area contributed by atoms with Crippen molar-refractivity contribution in [2.75, 3.05) is 13.2 Å². The zero-order chi connectivity index (χ0) is 26.1. The van der Waals surface area contributed by atoms with Gasteiger partial charge in [0, 0.05) is 5.92 Å². The van der Waals surface area contributed by atoms with Crippen LogP contribution in [0.2, 0.25) is 0 Å². The van der Waals surface area contributed by atoms with Crippen molar-refractivity contribution in [2.45, 2.75) is 56.4 Å². The lowest BCUT2D eigenvalue weighted by Crippen LogP contribution is -2.71. The van der Waals surface area contributed by atoms with Gasteiger partial charge in [-0.25, -0.2) is 0 Å². The summed E-state index contributed by atoms with van der Waals surface area (Å²) in [6, 6.07) is 30.0. The van der Waals surface area contributed by atoms with Gasteiger partial charge in [0.2, 0.25) is 0 Å². The van der Waals surface area contributed by atoms with E-state index in [1.165, 1.54) is 0 Å². The first-order chi connectivity index (χ1) is 17.8. The van der Waals surface area contributed by atoms with E-state index in [1.54, 1.807) is 6.92 Å². The van der Waals surface area contributed by atoms with Crippen LogP contribution in [0.4, 0.5) is 0 Å². The predicted molar refractivity (Wildman–Crippen MR) is 139 cm³/mol. The summed E-state index contributed by atoms with van der Waals surface area (Å²) >= 11 is 0. The molecule has 0 spiro atoms. The third kappa shape index (κ3) is 4.59. The molecule has 2 fully saturated rings. The molecule has 2 aliphatic rings. The molecule has 1 aliphatic carbocycles. The fourth-order valence-corrected chi connectivity index (χ4v) is 5.72. The van der Waals surface area contributed by atoms with E-state index in [1.807, 2.05) is 105 Å². The van der Waals surface area contributed by atoms with Gasteiger partial charge in [0.1, 0.15) is 17.3 Å². The summed E-state index contributed by atoms with van der Waals surface area (Å²) in [7, 11) is 0. The SMILES string of the molecule is CCOC(=O)CC1[C@@H]2OC(C)(C)O[C@@H]2C1(O)COC(c1ccccc1)(c1ccccc1)c1ccccc1. The van der Waals surface area contributed by atoms with E-state index in [2.05, 4.69) is 0 Å². The number of benzene rings is 3. The number of fused-ring (bicyclic) bond motifs is 1. The Labute approximate surface area is 218 Å². The highest BCUT2D eigenvalue weighted by atomic mass is 16.8. The second-order valence-electron chi connectivity index (χ2n) is 10.2. The van der Waals surface area contributed by atoms with Gasteiger partial charge in [-0.05, 0) is 37.5 Å². The van der Waals surface area contributed by atoms with Crippen LogP contribution < -0.4 is 0 Å². The van der Waals surface area contributed by atoms with Gasteiger partial charge in [-0.3, -0.25) is 4.79 Å². The summed E-state index contributed by atoms with van der Waals surface area (Å²) in [4.78, 5) is 12.5. The molecule has 1 saturated heterocycles. The molecular weight excluding hydrogens is 468 g/mol. The van der Waals surface area contributed by atoms with Crippen LogP contribution in [0, 0.1) is 5.92 Å². The quantitative estimate of drug-likeness (QED) is 0.334. The van der Waals surface area contributed by atoms with Crippen LogP contribution in [0.5, 0.6) is 0 Å². The van der Waals surface area contributed by atoms with Gasteiger partial charge >= 0.3 is 5.97 Å². The van der Waals surface area contributed by atoms with Crippen molar-refractivity contribution in [3.8, 4) is 0 Å². The van der Waals surface area contributed by atoms with Gasteiger partial charge in [-0.1, -0.05) is 91.0 Å². The van der Waals surface area contributed by atoms with Crippen molar-refractivity contribution in [3.63, 3.8) is 0 Å². The van der Waals surface area contributed by atoms with Gasteiger partial charge in [-0.2, -0.15) is 0 Å². The van der Waals surface area contributed by atoms with Crippen molar-refractivity contribution in [1.82, 2.24) is 0 Å². The Morgan fingerprint density at radius 1 is 0.865 bits per heavy atom. The first-order valence-electron chi connectivity index (χ1n) is 12.8. The summed E-state index contributed by atoms with van der Waals surface area (Å²) in [5, 5.41) is 12.1. The highest BCUT2D eigenvalue weighted by Gasteiger charge is 2.69. The van der Waals surface area contributed by atoms with Crippen LogP contribution in [0.3, 0.4) is 0 Å². The number of esters is 1. The number of hydrogen-bond acceptors (Lipinski definition) is 6. The monoisotopic (exact) mass is 502 g/mol. The number of rotatable bonds is 9. The van der Waals surface area contributed by atoms with E-state index >= 15 is 0 Å². The Bertz CT molecular complexity index is 1100. The second kappa shape index (κ2) is 10.0. The zero-order valence-electron chi connectivity index (χ0n) is 21.5. The van der Waals surface area contributed by atoms with Crippen molar-refractivity contribution in [3.05, 3.63) is 108 Å². The predicted octanol–water partition coefficient (Wildman–Crippen LogP) is 4.83. The summed E-state index contributed by atoms with van der Waals surface area (Å²) < 4.78 is 24.3. The van der Waals surface area contributed by atoms with Gasteiger partial charge in [-0.15, -0.1) is 0 Å². The number of aliphatic hydroxyl groups is 1. The molecule has 2 unspecified atom stereocenters. The summed E-state index contributed by atoms with van der Waals surface area (Å²) in [5.74, 6) is -1.78. The summed E-state index contributed by atoms with van der Waals surface area (Å²) in [6.45, 7) is 5.60. The molecule has 0 radical (unpaired) electrons. The molecule has 3 aromatic carbocycles. The molecule has 1 N–H and O–H groups in total. The van der Waals surface area contributed by atoms with Gasteiger partial charge in [0.05, 0.1) is 25.7 Å². The Balaban J connectivity index is 1.56. The summed E-state index contributed by atoms with van der Waals surface area (Å²) in [5.41, 5.74) is 0.330. The van der Waals surface area contributed by atoms with E-state index in [4.69, 9.17) is 18.9 Å². The van der Waals surface area contributed by atoms with E-state index < -0.39 is 35.1 Å². The fraction of sp³-hybridized carbons (Fsp3) is 0.387. The first-order valence-corrected chi connectivity index (χ1v) is 12.8. The maximum absolute atomic E-state index is 12.5. The van der Waals surface area contributed by atoms with E-state index in [0.717, 1.165) is 16.7 Å². The van der Waals surface area contributed by atoms with Crippen molar-refractivity contribution in [2.24, 2.45) is 5.92 Å². The smallest absolute Gasteiger partial charge is 0.306 e. The third-order valence-corrected chi connectivity index (χ3v) is 7.41. The van der Waals surface area contributed by atoms with E-state index in [0.29, 0.717) is 0 Å². The second-order valence-corrected chi connectivity index (χ2v) is 10.2. The molecule has 0 aromatic heterocycles. The first kappa shape index (κ1) is 25.6. The highest BCUT2D eigenvalue weighted by Crippen LogP contribution is 2.53. The van der Waals surface area contributed by atoms with Crippen LogP contribution in [0.15, 0.2) is 91.0 Å². The van der Waals surface area contributed by atoms with Gasteiger partial charge in [0.25, 0.3) is 0 Å². The molecule has 3 aromatic rings. The van der Waals surface area contributed by atoms with E-state index in [-0.39, 0.29) is 25.6 Å². The fourth-order valence-electron chi connectivity index (χ4n) is 5.72. The van der Waals surface area contributed by atoms with Crippen molar-refractivity contribution < 1.29 is 28.8 Å². The zero-order valence-corrected chi connectivity index (χ0v) is 21.5. The molecule has 1 heterocycles. The summed E-state index contributed by atoms with van der Waals surface area (Å²) in [6.07, 6.45) is -1.03. The Hall–Kier alpha value is -3.03. The molecule has 37 heavy (non-hydrogen) atoms. The molecule has 194 valence electrons. The molecule has 6 nitrogen and oxygen atoms in total. The molecule has 0 bridgehead atoms. The molecule has 5 rings (SSSR count). The van der Waals surface area contributed by atoms with Gasteiger partial charge in [0.15, 0.2) is 5.79 Å². The standard InChI is InChI=1S/C31H34O6/c1-4-34-26(32)20-25-27-28(37-29(2,3)36-27)30(25,33)21-35-31(22-14-8-5-9-15-22,23-16-10-6-11-17-23)24-18-12-7-13-19-24/h5-19,25,27-28,33H,4,20-21H2,1-3H3/t25?,27-,28-,30?/m0/s1. The normalized spacial score (nSPS) is 26.2. The third-order valence-electron chi connectivity index (χ3n) is 7.41. The van der Waals surface area contributed by atoms with Gasteiger partial charge < -0.3 is 24.1 Å². The maximum atomic E-state index is 12.5. The van der Waals surface area contributed by atoms with Crippen molar-refractivity contribution >= 4 is 5.97 Å². The number of carbonyl (C=O) groups excluding carboxylic acids is 1. The average molecular weight is 503 g/mol. The molecular formula is C31H34O6. The lowest BCUT2D eigenvalue weighted by atomic mass is 9.63. The van der Waals surface area contributed by atoms with Crippen LogP contribution in [-0.2, 0) is 29.3 Å². The lowest BCUT2D eigenvalue weighted by Gasteiger charge is -2.53. The lowest BCUT2D eigenvalue weighted by molar-refractivity contribution is -0.251. The topological polar surface area (TPSA) is 74.2 Å². The molecule has 6 heteroatoms. The minimum Gasteiger partial charge on any atom is -0.466 e. The minimum atomic E-state index is -1.45. The average Bonchev–Trinajstić information content (AvgIpc) is 3.22. The number of carbonyl (C=O) groups is 1. The van der Waals surface area contributed by atoms with E-state index in [9.17, 15) is 9.90 Å². The van der Waals surface area contributed by atoms with Crippen molar-refractivity contribution in [1.29, 1.82) is 0 Å². The Kier molecular flexibility index (Phi) is 6.94. The molecule has 4 atom stereocenters.